The summed E-state index contributed by atoms with van der Waals surface area (Å²) in [7, 11) is 0. The number of H-pyrrole nitrogens is 1. The van der Waals surface area contributed by atoms with E-state index in [2.05, 4.69) is 44.8 Å². The van der Waals surface area contributed by atoms with Gasteiger partial charge in [0.15, 0.2) is 0 Å². The minimum absolute atomic E-state index is 0.330. The Labute approximate surface area is 202 Å². The molecule has 7 heteroatoms. The SMILES string of the molecule is Cc1nc(-c2n[nH]cc2C2=C\C=C\c3cc(-c4ccc5c(n4)CCNC5)cnc3/C=C\2)ccc1F. The number of aryl methyl sites for hydroxylation is 1. The number of aromatic amines is 1. The van der Waals surface area contributed by atoms with Crippen LogP contribution in [0.5, 0.6) is 0 Å². The van der Waals surface area contributed by atoms with Crippen LogP contribution in [0.2, 0.25) is 0 Å². The van der Waals surface area contributed by atoms with Gasteiger partial charge in [0, 0.05) is 54.3 Å². The lowest BCUT2D eigenvalue weighted by Gasteiger charge is -2.17. The van der Waals surface area contributed by atoms with Gasteiger partial charge < -0.3 is 5.32 Å². The van der Waals surface area contributed by atoms with E-state index in [0.29, 0.717) is 17.1 Å². The smallest absolute Gasteiger partial charge is 0.144 e. The summed E-state index contributed by atoms with van der Waals surface area (Å²) in [5, 5.41) is 10.7. The molecule has 4 aromatic rings. The number of nitrogens with one attached hydrogen (secondary N) is 2. The highest BCUT2D eigenvalue weighted by molar-refractivity contribution is 5.88. The van der Waals surface area contributed by atoms with Crippen LogP contribution in [-0.2, 0) is 13.0 Å². The summed E-state index contributed by atoms with van der Waals surface area (Å²) >= 11 is 0. The Morgan fingerprint density at radius 1 is 1.00 bits per heavy atom. The van der Waals surface area contributed by atoms with Gasteiger partial charge in [-0.3, -0.25) is 15.1 Å². The molecule has 172 valence electrons. The van der Waals surface area contributed by atoms with Crippen LogP contribution in [0.25, 0.3) is 40.4 Å². The number of aromatic nitrogens is 5. The van der Waals surface area contributed by atoms with Gasteiger partial charge in [0.1, 0.15) is 11.5 Å². The first-order valence-electron chi connectivity index (χ1n) is 11.6. The van der Waals surface area contributed by atoms with Crippen molar-refractivity contribution in [2.24, 2.45) is 0 Å². The van der Waals surface area contributed by atoms with Gasteiger partial charge in [0.2, 0.25) is 0 Å². The van der Waals surface area contributed by atoms with Crippen molar-refractivity contribution in [3.63, 3.8) is 0 Å². The number of allylic oxidation sites excluding steroid dienone is 4. The predicted molar refractivity (Wildman–Crippen MR) is 135 cm³/mol. The van der Waals surface area contributed by atoms with Crippen molar-refractivity contribution in [1.29, 1.82) is 0 Å². The molecule has 1 aliphatic heterocycles. The molecular formula is C28H23FN6. The zero-order valence-corrected chi connectivity index (χ0v) is 19.2. The lowest BCUT2D eigenvalue weighted by atomic mass is 9.99. The topological polar surface area (TPSA) is 79.4 Å². The standard InChI is InChI=1S/C28H23FN6/c1-17-23(29)7-10-27(33-17)28-22(16-32-35-28)18-3-2-4-19-13-21(15-31-24(19)8-5-18)25-9-6-20-14-30-12-11-26(20)34-25/h2-10,13,15-16,30H,11-12,14H2,1H3,(H,32,35)/b3-2?,4-2+,8-5-,18-3-,18-5?,19-4?,24-8?. The van der Waals surface area contributed by atoms with Crippen LogP contribution >= 0.6 is 0 Å². The summed E-state index contributed by atoms with van der Waals surface area (Å²) in [6.07, 6.45) is 14.8. The van der Waals surface area contributed by atoms with Crippen molar-refractivity contribution in [3.05, 3.63) is 101 Å². The molecule has 6 rings (SSSR count). The first-order valence-corrected chi connectivity index (χ1v) is 11.6. The van der Waals surface area contributed by atoms with Gasteiger partial charge in [-0.2, -0.15) is 5.10 Å². The minimum Gasteiger partial charge on any atom is -0.312 e. The van der Waals surface area contributed by atoms with Crippen LogP contribution in [0.1, 0.15) is 33.8 Å². The third kappa shape index (κ3) is 4.11. The van der Waals surface area contributed by atoms with E-state index in [9.17, 15) is 4.39 Å². The maximum absolute atomic E-state index is 13.7. The third-order valence-corrected chi connectivity index (χ3v) is 6.36. The molecule has 35 heavy (non-hydrogen) atoms. The zero-order chi connectivity index (χ0) is 23.8. The lowest BCUT2D eigenvalue weighted by Crippen LogP contribution is -2.24. The van der Waals surface area contributed by atoms with Crippen molar-refractivity contribution in [1.82, 2.24) is 30.5 Å². The van der Waals surface area contributed by atoms with Crippen molar-refractivity contribution < 1.29 is 4.39 Å². The quantitative estimate of drug-likeness (QED) is 0.440. The van der Waals surface area contributed by atoms with E-state index < -0.39 is 0 Å². The molecule has 6 nitrogen and oxygen atoms in total. The number of hydrogen-bond donors (Lipinski definition) is 2. The fraction of sp³-hybridized carbons (Fsp3) is 0.143. The van der Waals surface area contributed by atoms with E-state index in [-0.39, 0.29) is 5.82 Å². The van der Waals surface area contributed by atoms with E-state index in [4.69, 9.17) is 9.97 Å². The van der Waals surface area contributed by atoms with Gasteiger partial charge in [-0.25, -0.2) is 9.37 Å². The minimum atomic E-state index is -0.330. The molecule has 0 radical (unpaired) electrons. The van der Waals surface area contributed by atoms with Crippen LogP contribution in [0.15, 0.2) is 61.0 Å². The second-order valence-corrected chi connectivity index (χ2v) is 8.65. The second-order valence-electron chi connectivity index (χ2n) is 8.65. The van der Waals surface area contributed by atoms with Crippen molar-refractivity contribution in [2.75, 3.05) is 6.54 Å². The van der Waals surface area contributed by atoms with Crippen LogP contribution in [-0.4, -0.2) is 31.7 Å². The number of hydrogen-bond acceptors (Lipinski definition) is 5. The average Bonchev–Trinajstić information content (AvgIpc) is 3.35. The van der Waals surface area contributed by atoms with Gasteiger partial charge >= 0.3 is 0 Å². The molecule has 0 amide bonds. The van der Waals surface area contributed by atoms with Gasteiger partial charge in [0.25, 0.3) is 0 Å². The Kier molecular flexibility index (Phi) is 5.39. The van der Waals surface area contributed by atoms with Gasteiger partial charge in [-0.15, -0.1) is 0 Å². The largest absolute Gasteiger partial charge is 0.312 e. The summed E-state index contributed by atoms with van der Waals surface area (Å²) in [6, 6.07) is 9.43. The lowest BCUT2D eigenvalue weighted by molar-refractivity contribution is 0.610. The first-order chi connectivity index (χ1) is 17.2. The Morgan fingerprint density at radius 3 is 2.83 bits per heavy atom. The molecule has 0 fully saturated rings. The molecule has 2 aliphatic rings. The van der Waals surface area contributed by atoms with Gasteiger partial charge in [0.05, 0.1) is 22.8 Å². The van der Waals surface area contributed by atoms with E-state index >= 15 is 0 Å². The highest BCUT2D eigenvalue weighted by Gasteiger charge is 2.15. The van der Waals surface area contributed by atoms with Crippen molar-refractivity contribution in [2.45, 2.75) is 19.9 Å². The molecule has 1 aliphatic carbocycles. The molecule has 0 saturated heterocycles. The van der Waals surface area contributed by atoms with Gasteiger partial charge in [-0.05, 0) is 48.4 Å². The maximum atomic E-state index is 13.7. The van der Waals surface area contributed by atoms with Gasteiger partial charge in [-0.1, -0.05) is 30.4 Å². The highest BCUT2D eigenvalue weighted by Crippen LogP contribution is 2.30. The molecule has 2 N–H and O–H groups in total. The Bertz CT molecular complexity index is 1530. The van der Waals surface area contributed by atoms with E-state index in [1.165, 1.54) is 11.6 Å². The molecule has 0 unspecified atom stereocenters. The molecule has 0 atom stereocenters. The summed E-state index contributed by atoms with van der Waals surface area (Å²) in [4.78, 5) is 14.0. The number of fused-ring (bicyclic) bond motifs is 2. The van der Waals surface area contributed by atoms with E-state index in [1.807, 2.05) is 36.7 Å². The Morgan fingerprint density at radius 2 is 1.91 bits per heavy atom. The third-order valence-electron chi connectivity index (χ3n) is 6.36. The second kappa shape index (κ2) is 8.85. The van der Waals surface area contributed by atoms with Crippen molar-refractivity contribution >= 4 is 17.7 Å². The molecule has 0 aromatic carbocycles. The average molecular weight is 463 g/mol. The van der Waals surface area contributed by atoms with Crippen LogP contribution in [0.3, 0.4) is 0 Å². The molecular weight excluding hydrogens is 439 g/mol. The number of halogens is 1. The summed E-state index contributed by atoms with van der Waals surface area (Å²) in [5.41, 5.74) is 9.76. The van der Waals surface area contributed by atoms with E-state index in [1.54, 1.807) is 13.0 Å². The van der Waals surface area contributed by atoms with Crippen LogP contribution in [0.4, 0.5) is 4.39 Å². The maximum Gasteiger partial charge on any atom is 0.144 e. The fourth-order valence-corrected chi connectivity index (χ4v) is 4.44. The van der Waals surface area contributed by atoms with Crippen LogP contribution in [0, 0.1) is 12.7 Å². The summed E-state index contributed by atoms with van der Waals surface area (Å²) in [5.74, 6) is -0.330. The zero-order valence-electron chi connectivity index (χ0n) is 19.2. The molecule has 0 spiro atoms. The first kappa shape index (κ1) is 21.3. The summed E-state index contributed by atoms with van der Waals surface area (Å²) in [6.45, 7) is 3.49. The normalized spacial score (nSPS) is 17.9. The Hall–Kier alpha value is -4.23. The van der Waals surface area contributed by atoms with Crippen LogP contribution < -0.4 is 5.32 Å². The predicted octanol–water partition coefficient (Wildman–Crippen LogP) is 5.15. The van der Waals surface area contributed by atoms with E-state index in [0.717, 1.165) is 58.9 Å². The molecule has 0 saturated carbocycles. The number of nitrogens with zero attached hydrogens (tertiary/aromatic N) is 4. The number of rotatable bonds is 3. The number of pyridine rings is 3. The monoisotopic (exact) mass is 462 g/mol. The highest BCUT2D eigenvalue weighted by atomic mass is 19.1. The molecule has 5 heterocycles. The molecule has 4 aromatic heterocycles. The molecule has 0 bridgehead atoms. The Balaban J connectivity index is 1.32. The summed E-state index contributed by atoms with van der Waals surface area (Å²) < 4.78 is 13.7. The fourth-order valence-electron chi connectivity index (χ4n) is 4.44. The van der Waals surface area contributed by atoms with Crippen molar-refractivity contribution in [3.8, 4) is 22.6 Å².